The number of carbonyl (C=O) groups excluding carboxylic acids is 1. The molecule has 0 bridgehead atoms. The molecule has 4 aromatic rings. The van der Waals surface area contributed by atoms with Gasteiger partial charge < -0.3 is 9.73 Å². The average molecular weight is 368 g/mol. The van der Waals surface area contributed by atoms with Gasteiger partial charge in [-0.25, -0.2) is 4.79 Å². The summed E-state index contributed by atoms with van der Waals surface area (Å²) >= 11 is 1.61. The lowest BCUT2D eigenvalue weighted by Gasteiger charge is -2.17. The van der Waals surface area contributed by atoms with Crippen LogP contribution in [0.4, 0.5) is 0 Å². The van der Waals surface area contributed by atoms with E-state index in [0.717, 1.165) is 4.88 Å². The lowest BCUT2D eigenvalue weighted by atomic mass is 10.2. The Morgan fingerprint density at radius 1 is 1.23 bits per heavy atom. The van der Waals surface area contributed by atoms with E-state index in [2.05, 4.69) is 10.4 Å². The van der Waals surface area contributed by atoms with Crippen LogP contribution in [0.3, 0.4) is 0 Å². The predicted molar refractivity (Wildman–Crippen MR) is 98.2 cm³/mol. The Labute approximate surface area is 152 Å². The first kappa shape index (κ1) is 16.3. The van der Waals surface area contributed by atoms with Crippen LogP contribution in [-0.2, 0) is 11.3 Å². The van der Waals surface area contributed by atoms with Crippen molar-refractivity contribution in [2.45, 2.75) is 12.6 Å². The quantitative estimate of drug-likeness (QED) is 0.566. The van der Waals surface area contributed by atoms with Crippen molar-refractivity contribution < 1.29 is 9.21 Å². The summed E-state index contributed by atoms with van der Waals surface area (Å²) in [7, 11) is 0. The Balaban J connectivity index is 1.49. The van der Waals surface area contributed by atoms with E-state index >= 15 is 0 Å². The second kappa shape index (κ2) is 7.01. The van der Waals surface area contributed by atoms with Crippen molar-refractivity contribution in [1.82, 2.24) is 19.7 Å². The highest BCUT2D eigenvalue weighted by Crippen LogP contribution is 2.21. The fraction of sp³-hybridized carbons (Fsp3) is 0.167. The number of nitrogens with zero attached hydrogens (tertiary/aromatic N) is 3. The number of fused-ring (bicyclic) bond motifs is 1. The van der Waals surface area contributed by atoms with Crippen molar-refractivity contribution >= 4 is 28.3 Å². The van der Waals surface area contributed by atoms with Crippen molar-refractivity contribution in [3.63, 3.8) is 0 Å². The highest BCUT2D eigenvalue weighted by Gasteiger charge is 2.18. The number of hydrogen-bond acceptors (Lipinski definition) is 5. The number of amides is 1. The van der Waals surface area contributed by atoms with Crippen LogP contribution in [0.15, 0.2) is 69.5 Å². The minimum Gasteiger partial charge on any atom is -0.408 e. The van der Waals surface area contributed by atoms with Crippen molar-refractivity contribution in [2.75, 3.05) is 6.54 Å². The Morgan fingerprint density at radius 2 is 2.12 bits per heavy atom. The summed E-state index contributed by atoms with van der Waals surface area (Å²) in [6.07, 6.45) is 3.57. The molecule has 7 nitrogen and oxygen atoms in total. The third kappa shape index (κ3) is 3.18. The second-order valence-electron chi connectivity index (χ2n) is 5.74. The van der Waals surface area contributed by atoms with Crippen LogP contribution >= 0.6 is 11.3 Å². The van der Waals surface area contributed by atoms with Gasteiger partial charge in [0, 0.05) is 23.8 Å². The van der Waals surface area contributed by atoms with Gasteiger partial charge in [-0.1, -0.05) is 18.2 Å². The van der Waals surface area contributed by atoms with Gasteiger partial charge in [0.25, 0.3) is 0 Å². The third-order valence-electron chi connectivity index (χ3n) is 4.08. The molecule has 0 fully saturated rings. The first-order chi connectivity index (χ1) is 12.7. The molecule has 0 saturated carbocycles. The summed E-state index contributed by atoms with van der Waals surface area (Å²) in [5.74, 6) is -0.796. The summed E-state index contributed by atoms with van der Waals surface area (Å²) in [6, 6.07) is 12.8. The van der Waals surface area contributed by atoms with Crippen molar-refractivity contribution in [2.24, 2.45) is 0 Å². The van der Waals surface area contributed by atoms with Crippen molar-refractivity contribution in [3.05, 3.63) is 75.7 Å². The Kier molecular flexibility index (Phi) is 4.40. The Hall–Kier alpha value is -3.13. The third-order valence-corrected chi connectivity index (χ3v) is 5.06. The standard InChI is InChI=1S/C18H16N4O3S/c23-17(12-21-13-5-1-2-6-15(13)25-18(21)24)19-11-14(16-7-3-10-26-16)22-9-4-8-20-22/h1-10,14H,11-12H2,(H,19,23). The zero-order chi connectivity index (χ0) is 17.9. The minimum atomic E-state index is -0.539. The van der Waals surface area contributed by atoms with Gasteiger partial charge in [0.15, 0.2) is 5.58 Å². The SMILES string of the molecule is O=C(Cn1c(=O)oc2ccccc21)NCC(c1cccs1)n1cccn1. The number of benzene rings is 1. The molecule has 3 heterocycles. The fourth-order valence-corrected chi connectivity index (χ4v) is 3.66. The lowest BCUT2D eigenvalue weighted by molar-refractivity contribution is -0.121. The van der Waals surface area contributed by atoms with E-state index in [4.69, 9.17) is 4.42 Å². The number of oxazole rings is 1. The first-order valence-corrected chi connectivity index (χ1v) is 8.98. The summed E-state index contributed by atoms with van der Waals surface area (Å²) in [4.78, 5) is 25.5. The Morgan fingerprint density at radius 3 is 2.88 bits per heavy atom. The van der Waals surface area contributed by atoms with E-state index in [1.54, 1.807) is 41.8 Å². The maximum Gasteiger partial charge on any atom is 0.420 e. The van der Waals surface area contributed by atoms with Gasteiger partial charge in [-0.3, -0.25) is 14.0 Å². The number of para-hydroxylation sites is 2. The van der Waals surface area contributed by atoms with Crippen LogP contribution in [-0.4, -0.2) is 26.8 Å². The van der Waals surface area contributed by atoms with Crippen LogP contribution in [0.25, 0.3) is 11.1 Å². The predicted octanol–water partition coefficient (Wildman–Crippen LogP) is 2.26. The summed E-state index contributed by atoms with van der Waals surface area (Å²) in [5.41, 5.74) is 1.08. The van der Waals surface area contributed by atoms with Crippen molar-refractivity contribution in [1.29, 1.82) is 0 Å². The van der Waals surface area contributed by atoms with Gasteiger partial charge in [0.1, 0.15) is 12.6 Å². The van der Waals surface area contributed by atoms with Crippen molar-refractivity contribution in [3.8, 4) is 0 Å². The first-order valence-electron chi connectivity index (χ1n) is 8.10. The zero-order valence-corrected chi connectivity index (χ0v) is 14.6. The number of aromatic nitrogens is 3. The molecule has 0 spiro atoms. The molecule has 0 saturated heterocycles. The van der Waals surface area contributed by atoms with E-state index in [9.17, 15) is 9.59 Å². The van der Waals surface area contributed by atoms with E-state index in [1.807, 2.05) is 34.5 Å². The largest absolute Gasteiger partial charge is 0.420 e. The topological polar surface area (TPSA) is 82.1 Å². The molecule has 132 valence electrons. The van der Waals surface area contributed by atoms with E-state index in [0.29, 0.717) is 17.6 Å². The van der Waals surface area contributed by atoms with E-state index in [1.165, 1.54) is 4.57 Å². The van der Waals surface area contributed by atoms with Crippen LogP contribution < -0.4 is 11.1 Å². The molecule has 1 unspecified atom stereocenters. The zero-order valence-electron chi connectivity index (χ0n) is 13.7. The normalized spacial score (nSPS) is 12.3. The number of thiophene rings is 1. The monoisotopic (exact) mass is 368 g/mol. The van der Waals surface area contributed by atoms with E-state index < -0.39 is 5.76 Å². The molecule has 1 atom stereocenters. The second-order valence-corrected chi connectivity index (χ2v) is 6.72. The summed E-state index contributed by atoms with van der Waals surface area (Å²) in [6.45, 7) is 0.289. The molecule has 4 rings (SSSR count). The number of hydrogen-bond donors (Lipinski definition) is 1. The average Bonchev–Trinajstić information content (AvgIpc) is 3.38. The minimum absolute atomic E-state index is 0.0910. The molecule has 1 amide bonds. The maximum atomic E-state index is 12.4. The van der Waals surface area contributed by atoms with Gasteiger partial charge in [0.2, 0.25) is 5.91 Å². The van der Waals surface area contributed by atoms with Gasteiger partial charge >= 0.3 is 5.76 Å². The summed E-state index contributed by atoms with van der Waals surface area (Å²) < 4.78 is 8.30. The number of carbonyl (C=O) groups is 1. The molecule has 1 aromatic carbocycles. The van der Waals surface area contributed by atoms with Crippen LogP contribution in [0.1, 0.15) is 10.9 Å². The molecule has 1 N–H and O–H groups in total. The van der Waals surface area contributed by atoms with Gasteiger partial charge in [0.05, 0.1) is 5.52 Å². The van der Waals surface area contributed by atoms with E-state index in [-0.39, 0.29) is 18.5 Å². The molecule has 0 aliphatic carbocycles. The smallest absolute Gasteiger partial charge is 0.408 e. The molecule has 0 aliphatic rings. The molecule has 26 heavy (non-hydrogen) atoms. The Bertz CT molecular complexity index is 1030. The molecular weight excluding hydrogens is 352 g/mol. The number of nitrogens with one attached hydrogen (secondary N) is 1. The van der Waals surface area contributed by atoms with Gasteiger partial charge in [-0.2, -0.15) is 5.10 Å². The van der Waals surface area contributed by atoms with Gasteiger partial charge in [-0.15, -0.1) is 11.3 Å². The lowest BCUT2D eigenvalue weighted by Crippen LogP contribution is -2.35. The molecule has 0 aliphatic heterocycles. The molecule has 3 aromatic heterocycles. The van der Waals surface area contributed by atoms with Crippen LogP contribution in [0.2, 0.25) is 0 Å². The maximum absolute atomic E-state index is 12.4. The van der Waals surface area contributed by atoms with Crippen LogP contribution in [0, 0.1) is 0 Å². The highest BCUT2D eigenvalue weighted by atomic mass is 32.1. The fourth-order valence-electron chi connectivity index (χ4n) is 2.84. The summed E-state index contributed by atoms with van der Waals surface area (Å²) in [5, 5.41) is 9.17. The molecular formula is C18H16N4O3S. The van der Waals surface area contributed by atoms with Gasteiger partial charge in [-0.05, 0) is 29.6 Å². The molecule has 0 radical (unpaired) electrons. The van der Waals surface area contributed by atoms with Crippen LogP contribution in [0.5, 0.6) is 0 Å². The molecule has 8 heteroatoms. The highest BCUT2D eigenvalue weighted by molar-refractivity contribution is 7.10. The number of rotatable bonds is 6.